The standard InChI is InChI=1S/C29H33NO7/c1-32-24-12-18(13-25(33-2)28(24)34-3)26-21-14-23-22(36-16-37-23)11-17(21)10-19(27(26)29(31)35-4)15-30-20-8-6-5-7-9-20/h10-15,20,26-27H,5-9,16H2,1-4H3/t26?,27-/m1/s1. The normalized spacial score (nSPS) is 20.8. The fourth-order valence-corrected chi connectivity index (χ4v) is 5.60. The molecule has 1 fully saturated rings. The molecule has 1 aliphatic heterocycles. The van der Waals surface area contributed by atoms with Gasteiger partial charge in [-0.2, -0.15) is 0 Å². The molecule has 0 aromatic heterocycles. The number of benzene rings is 2. The molecule has 5 rings (SSSR count). The highest BCUT2D eigenvalue weighted by Gasteiger charge is 2.40. The molecule has 1 unspecified atom stereocenters. The summed E-state index contributed by atoms with van der Waals surface area (Å²) in [6.07, 6.45) is 9.64. The fourth-order valence-electron chi connectivity index (χ4n) is 5.60. The van der Waals surface area contributed by atoms with E-state index in [4.69, 9.17) is 33.4 Å². The number of carbonyl (C=O) groups excluding carboxylic acids is 1. The first kappa shape index (κ1) is 25.0. The van der Waals surface area contributed by atoms with Gasteiger partial charge in [-0.3, -0.25) is 9.79 Å². The molecule has 3 aliphatic rings. The maximum atomic E-state index is 13.4. The van der Waals surface area contributed by atoms with Crippen molar-refractivity contribution in [1.29, 1.82) is 0 Å². The van der Waals surface area contributed by atoms with Crippen molar-refractivity contribution in [2.75, 3.05) is 35.2 Å². The molecule has 1 saturated carbocycles. The maximum Gasteiger partial charge on any atom is 0.314 e. The van der Waals surface area contributed by atoms with Gasteiger partial charge in [0.2, 0.25) is 12.5 Å². The number of hydrogen-bond donors (Lipinski definition) is 0. The van der Waals surface area contributed by atoms with Crippen molar-refractivity contribution >= 4 is 18.3 Å². The van der Waals surface area contributed by atoms with Crippen LogP contribution in [0, 0.1) is 5.92 Å². The second kappa shape index (κ2) is 10.7. The van der Waals surface area contributed by atoms with Gasteiger partial charge in [0, 0.05) is 18.2 Å². The van der Waals surface area contributed by atoms with Crippen LogP contribution in [0.4, 0.5) is 0 Å². The molecule has 0 saturated heterocycles. The van der Waals surface area contributed by atoms with E-state index in [2.05, 4.69) is 0 Å². The van der Waals surface area contributed by atoms with Gasteiger partial charge in [0.25, 0.3) is 0 Å². The number of ether oxygens (including phenoxy) is 6. The van der Waals surface area contributed by atoms with Gasteiger partial charge in [0.1, 0.15) is 0 Å². The minimum Gasteiger partial charge on any atom is -0.493 e. The Morgan fingerprint density at radius 2 is 1.59 bits per heavy atom. The van der Waals surface area contributed by atoms with Gasteiger partial charge >= 0.3 is 5.97 Å². The van der Waals surface area contributed by atoms with Crippen molar-refractivity contribution in [3.63, 3.8) is 0 Å². The minimum atomic E-state index is -0.631. The summed E-state index contributed by atoms with van der Waals surface area (Å²) >= 11 is 0. The first-order chi connectivity index (χ1) is 18.1. The second-order valence-corrected chi connectivity index (χ2v) is 9.49. The van der Waals surface area contributed by atoms with Gasteiger partial charge in [-0.15, -0.1) is 0 Å². The number of hydrogen-bond acceptors (Lipinski definition) is 8. The van der Waals surface area contributed by atoms with E-state index in [1.54, 1.807) is 21.3 Å². The van der Waals surface area contributed by atoms with Crippen LogP contribution >= 0.6 is 0 Å². The van der Waals surface area contributed by atoms with E-state index in [1.165, 1.54) is 26.4 Å². The van der Waals surface area contributed by atoms with Crippen LogP contribution in [-0.4, -0.2) is 53.5 Å². The maximum absolute atomic E-state index is 13.4. The van der Waals surface area contributed by atoms with E-state index in [9.17, 15) is 4.79 Å². The largest absolute Gasteiger partial charge is 0.493 e. The van der Waals surface area contributed by atoms with Crippen molar-refractivity contribution in [2.45, 2.75) is 44.1 Å². The lowest BCUT2D eigenvalue weighted by molar-refractivity contribution is -0.144. The molecule has 0 N–H and O–H groups in total. The molecule has 2 aliphatic carbocycles. The van der Waals surface area contributed by atoms with Gasteiger partial charge in [0.15, 0.2) is 23.0 Å². The summed E-state index contributed by atoms with van der Waals surface area (Å²) in [5.74, 6) is 1.44. The second-order valence-electron chi connectivity index (χ2n) is 9.49. The molecule has 0 amide bonds. The van der Waals surface area contributed by atoms with Crippen LogP contribution < -0.4 is 23.7 Å². The summed E-state index contributed by atoms with van der Waals surface area (Å²) in [7, 11) is 6.14. The van der Waals surface area contributed by atoms with Gasteiger partial charge in [-0.25, -0.2) is 0 Å². The number of aliphatic imine (C=N–C) groups is 1. The predicted molar refractivity (Wildman–Crippen MR) is 139 cm³/mol. The van der Waals surface area contributed by atoms with E-state index < -0.39 is 11.8 Å². The fraction of sp³-hybridized carbons (Fsp3) is 0.448. The highest BCUT2D eigenvalue weighted by atomic mass is 16.7. The quantitative estimate of drug-likeness (QED) is 0.378. The van der Waals surface area contributed by atoms with Crippen LogP contribution in [0.25, 0.3) is 6.08 Å². The van der Waals surface area contributed by atoms with Crippen molar-refractivity contribution in [1.82, 2.24) is 0 Å². The van der Waals surface area contributed by atoms with Crippen molar-refractivity contribution in [3.8, 4) is 28.7 Å². The Labute approximate surface area is 217 Å². The monoisotopic (exact) mass is 507 g/mol. The first-order valence-electron chi connectivity index (χ1n) is 12.6. The summed E-state index contributed by atoms with van der Waals surface area (Å²) < 4.78 is 33.5. The number of nitrogens with zero attached hydrogens (tertiary/aromatic N) is 1. The molecule has 0 spiro atoms. The van der Waals surface area contributed by atoms with Crippen molar-refractivity contribution < 1.29 is 33.2 Å². The van der Waals surface area contributed by atoms with Crippen LogP contribution in [0.15, 0.2) is 34.8 Å². The highest BCUT2D eigenvalue weighted by molar-refractivity contribution is 5.97. The third-order valence-corrected chi connectivity index (χ3v) is 7.44. The summed E-state index contributed by atoms with van der Waals surface area (Å²) in [5.41, 5.74) is 3.47. The Bertz CT molecular complexity index is 1200. The van der Waals surface area contributed by atoms with E-state index in [0.717, 1.165) is 35.1 Å². The molecule has 37 heavy (non-hydrogen) atoms. The Balaban J connectivity index is 1.69. The lowest BCUT2D eigenvalue weighted by Crippen LogP contribution is -2.30. The summed E-state index contributed by atoms with van der Waals surface area (Å²) in [5, 5.41) is 0. The average Bonchev–Trinajstić information content (AvgIpc) is 3.40. The van der Waals surface area contributed by atoms with E-state index in [0.29, 0.717) is 28.7 Å². The Morgan fingerprint density at radius 1 is 0.919 bits per heavy atom. The number of esters is 1. The zero-order chi connectivity index (χ0) is 25.9. The third kappa shape index (κ3) is 4.72. The van der Waals surface area contributed by atoms with Gasteiger partial charge in [-0.05, 0) is 65.4 Å². The number of methoxy groups -OCH3 is 4. The predicted octanol–water partition coefficient (Wildman–Crippen LogP) is 5.16. The Kier molecular flexibility index (Phi) is 7.26. The number of rotatable bonds is 7. The molecule has 2 aromatic rings. The molecule has 196 valence electrons. The molecule has 0 bridgehead atoms. The van der Waals surface area contributed by atoms with Crippen molar-refractivity contribution in [3.05, 3.63) is 46.5 Å². The first-order valence-corrected chi connectivity index (χ1v) is 12.6. The SMILES string of the molecule is COC(=O)[C@@H]1C(C=NC2CCCCC2)=Cc2cc3c(cc2C1c1cc(OC)c(OC)c(OC)c1)OCO3. The average molecular weight is 508 g/mol. The van der Waals surface area contributed by atoms with E-state index in [1.807, 2.05) is 36.6 Å². The van der Waals surface area contributed by atoms with Crippen LogP contribution in [-0.2, 0) is 9.53 Å². The zero-order valence-corrected chi connectivity index (χ0v) is 21.7. The van der Waals surface area contributed by atoms with Crippen molar-refractivity contribution in [2.24, 2.45) is 10.9 Å². The summed E-state index contributed by atoms with van der Waals surface area (Å²) in [6.45, 7) is 0.160. The lowest BCUT2D eigenvalue weighted by atomic mass is 9.71. The third-order valence-electron chi connectivity index (χ3n) is 7.44. The topological polar surface area (TPSA) is 84.8 Å². The molecule has 1 heterocycles. The molecule has 2 aromatic carbocycles. The molecule has 2 atom stereocenters. The number of fused-ring (bicyclic) bond motifs is 2. The van der Waals surface area contributed by atoms with Crippen LogP contribution in [0.5, 0.6) is 28.7 Å². The summed E-state index contributed by atoms with van der Waals surface area (Å²) in [6, 6.07) is 7.96. The summed E-state index contributed by atoms with van der Waals surface area (Å²) in [4.78, 5) is 18.3. The van der Waals surface area contributed by atoms with E-state index in [-0.39, 0.29) is 18.8 Å². The molecular weight excluding hydrogens is 474 g/mol. The molecule has 8 nitrogen and oxygen atoms in total. The number of carbonyl (C=O) groups is 1. The Morgan fingerprint density at radius 3 is 2.22 bits per heavy atom. The smallest absolute Gasteiger partial charge is 0.314 e. The molecule has 0 radical (unpaired) electrons. The Hall–Kier alpha value is -3.68. The van der Waals surface area contributed by atoms with Crippen LogP contribution in [0.2, 0.25) is 0 Å². The molecular formula is C29H33NO7. The molecule has 8 heteroatoms. The van der Waals surface area contributed by atoms with Crippen LogP contribution in [0.1, 0.15) is 54.7 Å². The van der Waals surface area contributed by atoms with Gasteiger partial charge < -0.3 is 28.4 Å². The van der Waals surface area contributed by atoms with Gasteiger partial charge in [0.05, 0.1) is 34.4 Å². The zero-order valence-electron chi connectivity index (χ0n) is 21.7. The van der Waals surface area contributed by atoms with E-state index >= 15 is 0 Å². The highest BCUT2D eigenvalue weighted by Crippen LogP contribution is 2.50. The van der Waals surface area contributed by atoms with Crippen LogP contribution in [0.3, 0.4) is 0 Å². The lowest BCUT2D eigenvalue weighted by Gasteiger charge is -2.33. The van der Waals surface area contributed by atoms with Gasteiger partial charge in [-0.1, -0.05) is 19.3 Å². The minimum absolute atomic E-state index is 0.160.